The Balaban J connectivity index is 1.37. The maximum Gasteiger partial charge on any atom is 0.125 e. The van der Waals surface area contributed by atoms with Crippen LogP contribution < -0.4 is 5.32 Å². The Morgan fingerprint density at radius 3 is 2.97 bits per heavy atom. The SMILES string of the molecule is CCN1CCC(c2cc3c(Nc4ccc5scnc5c4)ccnc3s2)C12CCOCC2. The molecule has 5 nitrogen and oxygen atoms in total. The minimum Gasteiger partial charge on any atom is -0.381 e. The zero-order chi connectivity index (χ0) is 20.8. The van der Waals surface area contributed by atoms with Gasteiger partial charge in [0, 0.05) is 46.8 Å². The van der Waals surface area contributed by atoms with Crippen LogP contribution in [0.25, 0.3) is 20.4 Å². The van der Waals surface area contributed by atoms with Gasteiger partial charge in [0.05, 0.1) is 21.4 Å². The highest BCUT2D eigenvalue weighted by molar-refractivity contribution is 7.18. The van der Waals surface area contributed by atoms with Crippen LogP contribution in [0.5, 0.6) is 0 Å². The molecule has 160 valence electrons. The van der Waals surface area contributed by atoms with E-state index in [0.717, 1.165) is 54.3 Å². The molecule has 2 aliphatic rings. The molecule has 2 saturated heterocycles. The van der Waals surface area contributed by atoms with Gasteiger partial charge in [-0.2, -0.15) is 0 Å². The van der Waals surface area contributed by atoms with Crippen molar-refractivity contribution >= 4 is 54.5 Å². The standard InChI is InChI=1S/C24H26N4OS2/c1-2-28-10-6-18(24(28)7-11-29-12-8-24)22-14-17-19(5-9-25-23(17)31-22)27-16-3-4-21-20(13-16)26-15-30-21/h3-5,9,13-15,18H,2,6-8,10-12H2,1H3,(H,25,27). The van der Waals surface area contributed by atoms with Gasteiger partial charge in [0.25, 0.3) is 0 Å². The van der Waals surface area contributed by atoms with Crippen molar-refractivity contribution in [3.05, 3.63) is 46.9 Å². The fourth-order valence-electron chi connectivity index (χ4n) is 5.60. The molecule has 6 rings (SSSR count). The van der Waals surface area contributed by atoms with Crippen LogP contribution in [0.2, 0.25) is 0 Å². The van der Waals surface area contributed by atoms with Gasteiger partial charge in [0.15, 0.2) is 0 Å². The lowest BCUT2D eigenvalue weighted by atomic mass is 9.77. The third kappa shape index (κ3) is 3.26. The number of nitrogens with one attached hydrogen (secondary N) is 1. The van der Waals surface area contributed by atoms with E-state index in [4.69, 9.17) is 9.72 Å². The molecule has 3 aromatic heterocycles. The lowest BCUT2D eigenvalue weighted by molar-refractivity contribution is -0.0132. The van der Waals surface area contributed by atoms with Crippen LogP contribution >= 0.6 is 22.7 Å². The first-order valence-corrected chi connectivity index (χ1v) is 12.8. The van der Waals surface area contributed by atoms with Crippen molar-refractivity contribution in [2.45, 2.75) is 37.6 Å². The normalized spacial score (nSPS) is 21.4. The number of pyridine rings is 1. The lowest BCUT2D eigenvalue weighted by Crippen LogP contribution is -2.50. The number of nitrogens with zero attached hydrogens (tertiary/aromatic N) is 3. The summed E-state index contributed by atoms with van der Waals surface area (Å²) < 4.78 is 6.97. The van der Waals surface area contributed by atoms with Crippen molar-refractivity contribution in [2.75, 3.05) is 31.6 Å². The fourth-order valence-corrected chi connectivity index (χ4v) is 7.53. The monoisotopic (exact) mass is 450 g/mol. The number of thiophene rings is 1. The third-order valence-corrected chi connectivity index (χ3v) is 9.08. The molecule has 1 N–H and O–H groups in total. The number of rotatable bonds is 4. The summed E-state index contributed by atoms with van der Waals surface area (Å²) in [7, 11) is 0. The number of fused-ring (bicyclic) bond motifs is 2. The van der Waals surface area contributed by atoms with E-state index < -0.39 is 0 Å². The third-order valence-electron chi connectivity index (χ3n) is 7.11. The van der Waals surface area contributed by atoms with Crippen LogP contribution in [-0.4, -0.2) is 46.7 Å². The molecule has 1 spiro atoms. The summed E-state index contributed by atoms with van der Waals surface area (Å²) in [6.45, 7) is 6.35. The summed E-state index contributed by atoms with van der Waals surface area (Å²) >= 11 is 3.55. The van der Waals surface area contributed by atoms with E-state index >= 15 is 0 Å². The van der Waals surface area contributed by atoms with Gasteiger partial charge in [0.1, 0.15) is 4.83 Å². The maximum atomic E-state index is 5.75. The molecule has 1 aromatic carbocycles. The molecule has 2 aliphatic heterocycles. The van der Waals surface area contributed by atoms with Gasteiger partial charge in [-0.15, -0.1) is 22.7 Å². The zero-order valence-corrected chi connectivity index (χ0v) is 19.3. The summed E-state index contributed by atoms with van der Waals surface area (Å²) in [6, 6.07) is 10.9. The van der Waals surface area contributed by atoms with Crippen LogP contribution in [0.3, 0.4) is 0 Å². The number of likely N-dealkylation sites (tertiary alicyclic amines) is 1. The molecule has 0 aliphatic carbocycles. The summed E-state index contributed by atoms with van der Waals surface area (Å²) in [5, 5.41) is 4.85. The second kappa shape index (κ2) is 7.81. The Kier molecular flexibility index (Phi) is 4.94. The second-order valence-corrected chi connectivity index (χ2v) is 10.5. The van der Waals surface area contributed by atoms with E-state index in [1.807, 2.05) is 23.0 Å². The van der Waals surface area contributed by atoms with Gasteiger partial charge in [-0.1, -0.05) is 6.92 Å². The van der Waals surface area contributed by atoms with Crippen LogP contribution in [0.4, 0.5) is 11.4 Å². The van der Waals surface area contributed by atoms with E-state index in [9.17, 15) is 0 Å². The quantitative estimate of drug-likeness (QED) is 0.413. The van der Waals surface area contributed by atoms with E-state index in [-0.39, 0.29) is 5.54 Å². The van der Waals surface area contributed by atoms with Crippen LogP contribution in [0.1, 0.15) is 37.0 Å². The maximum absolute atomic E-state index is 5.75. The first kappa shape index (κ1) is 19.6. The van der Waals surface area contributed by atoms with Gasteiger partial charge >= 0.3 is 0 Å². The molecule has 0 saturated carbocycles. The number of anilines is 2. The zero-order valence-electron chi connectivity index (χ0n) is 17.6. The van der Waals surface area contributed by atoms with E-state index in [2.05, 4.69) is 52.5 Å². The smallest absolute Gasteiger partial charge is 0.125 e. The summed E-state index contributed by atoms with van der Waals surface area (Å²) in [4.78, 5) is 14.5. The van der Waals surface area contributed by atoms with Gasteiger partial charge in [-0.25, -0.2) is 9.97 Å². The predicted molar refractivity (Wildman–Crippen MR) is 130 cm³/mol. The van der Waals surface area contributed by atoms with Gasteiger partial charge in [-0.3, -0.25) is 4.90 Å². The molecule has 7 heteroatoms. The highest BCUT2D eigenvalue weighted by Crippen LogP contribution is 2.50. The van der Waals surface area contributed by atoms with Crippen LogP contribution in [0.15, 0.2) is 42.0 Å². The summed E-state index contributed by atoms with van der Waals surface area (Å²) in [6.07, 6.45) is 5.41. The molecule has 0 bridgehead atoms. The van der Waals surface area contributed by atoms with Crippen molar-refractivity contribution < 1.29 is 4.74 Å². The number of hydrogen-bond donors (Lipinski definition) is 1. The first-order valence-electron chi connectivity index (χ1n) is 11.1. The Morgan fingerprint density at radius 1 is 1.19 bits per heavy atom. The number of likely N-dealkylation sites (N-methyl/N-ethyl adjacent to an activating group) is 1. The molecule has 0 amide bonds. The molecule has 1 unspecified atom stereocenters. The van der Waals surface area contributed by atoms with Gasteiger partial charge in [-0.05, 0) is 62.7 Å². The van der Waals surface area contributed by atoms with Crippen LogP contribution in [-0.2, 0) is 4.74 Å². The highest BCUT2D eigenvalue weighted by atomic mass is 32.1. The summed E-state index contributed by atoms with van der Waals surface area (Å²) in [5.41, 5.74) is 5.37. The number of benzene rings is 1. The van der Waals surface area contributed by atoms with Crippen molar-refractivity contribution in [1.29, 1.82) is 0 Å². The molecule has 31 heavy (non-hydrogen) atoms. The lowest BCUT2D eigenvalue weighted by Gasteiger charge is -2.44. The number of hydrogen-bond acceptors (Lipinski definition) is 7. The summed E-state index contributed by atoms with van der Waals surface area (Å²) in [5.74, 6) is 0.565. The molecule has 0 radical (unpaired) electrons. The Labute approximate surface area is 190 Å². The minimum atomic E-state index is 0.247. The number of thiazole rings is 1. The average molecular weight is 451 g/mol. The largest absolute Gasteiger partial charge is 0.381 e. The molecule has 5 heterocycles. The molecule has 2 fully saturated rings. The fraction of sp³-hybridized carbons (Fsp3) is 0.417. The van der Waals surface area contributed by atoms with E-state index in [1.165, 1.54) is 27.9 Å². The molecule has 1 atom stereocenters. The van der Waals surface area contributed by atoms with Crippen molar-refractivity contribution in [3.63, 3.8) is 0 Å². The Bertz CT molecular complexity index is 1230. The van der Waals surface area contributed by atoms with E-state index in [0.29, 0.717) is 5.92 Å². The average Bonchev–Trinajstić information content (AvgIpc) is 3.51. The number of aromatic nitrogens is 2. The second-order valence-electron chi connectivity index (χ2n) is 8.52. The van der Waals surface area contributed by atoms with Crippen molar-refractivity contribution in [2.24, 2.45) is 0 Å². The van der Waals surface area contributed by atoms with E-state index in [1.54, 1.807) is 11.3 Å². The minimum absolute atomic E-state index is 0.247. The molecule has 4 aromatic rings. The van der Waals surface area contributed by atoms with Crippen molar-refractivity contribution in [1.82, 2.24) is 14.9 Å². The highest BCUT2D eigenvalue weighted by Gasteiger charge is 2.49. The number of ether oxygens (including phenoxy) is 1. The predicted octanol–water partition coefficient (Wildman–Crippen LogP) is 6.01. The molecular formula is C24H26N4OS2. The van der Waals surface area contributed by atoms with Gasteiger partial charge < -0.3 is 10.1 Å². The topological polar surface area (TPSA) is 50.3 Å². The Morgan fingerprint density at radius 2 is 2.10 bits per heavy atom. The van der Waals surface area contributed by atoms with Crippen molar-refractivity contribution in [3.8, 4) is 0 Å². The van der Waals surface area contributed by atoms with Crippen LogP contribution in [0, 0.1) is 0 Å². The first-order chi connectivity index (χ1) is 15.3. The van der Waals surface area contributed by atoms with Gasteiger partial charge in [0.2, 0.25) is 0 Å². The Hall–Kier alpha value is -2.06. The molecular weight excluding hydrogens is 424 g/mol.